The molecule has 0 aliphatic carbocycles. The van der Waals surface area contributed by atoms with Gasteiger partial charge in [0.15, 0.2) is 0 Å². The van der Waals surface area contributed by atoms with Crippen LogP contribution in [0.2, 0.25) is 0 Å². The topological polar surface area (TPSA) is 58.1 Å². The van der Waals surface area contributed by atoms with Gasteiger partial charge in [-0.15, -0.1) is 0 Å². The Hall–Kier alpha value is -2.04. The summed E-state index contributed by atoms with van der Waals surface area (Å²) in [6, 6.07) is 6.94. The highest BCUT2D eigenvalue weighted by Crippen LogP contribution is 2.16. The van der Waals surface area contributed by atoms with E-state index >= 15 is 0 Å². The number of benzene rings is 1. The number of rotatable bonds is 0. The second-order valence-corrected chi connectivity index (χ2v) is 5.25. The van der Waals surface area contributed by atoms with E-state index in [9.17, 15) is 9.59 Å². The minimum absolute atomic E-state index is 0.242. The van der Waals surface area contributed by atoms with Gasteiger partial charge in [-0.05, 0) is 30.9 Å². The number of carbonyl (C=O) groups excluding carboxylic acids is 1. The van der Waals surface area contributed by atoms with Crippen molar-refractivity contribution in [1.29, 1.82) is 0 Å². The van der Waals surface area contributed by atoms with Crippen molar-refractivity contribution in [3.8, 4) is 0 Å². The second kappa shape index (κ2) is 4.57. The maximum atomic E-state index is 12.4. The summed E-state index contributed by atoms with van der Waals surface area (Å²) in [4.78, 5) is 26.3. The van der Waals surface area contributed by atoms with Crippen molar-refractivity contribution < 1.29 is 4.79 Å². The summed E-state index contributed by atoms with van der Waals surface area (Å²) in [5.41, 5.74) is 0.436. The van der Waals surface area contributed by atoms with Gasteiger partial charge in [-0.25, -0.2) is 4.79 Å². The van der Waals surface area contributed by atoms with Crippen LogP contribution in [-0.4, -0.2) is 33.8 Å². The number of fused-ring (bicyclic) bond motifs is 1. The number of likely N-dealkylation sites (tertiary alicyclic amines) is 1. The molecule has 1 N–H and O–H groups in total. The van der Waals surface area contributed by atoms with Gasteiger partial charge in [0.2, 0.25) is 0 Å². The number of hydrogen-bond acceptors (Lipinski definition) is 2. The Bertz CT molecular complexity index is 663. The molecule has 0 radical (unpaired) electrons. The molecule has 1 aromatic heterocycles. The first kappa shape index (κ1) is 12.0. The highest BCUT2D eigenvalue weighted by atomic mass is 16.2. The van der Waals surface area contributed by atoms with E-state index in [0.717, 1.165) is 30.6 Å². The van der Waals surface area contributed by atoms with Crippen LogP contribution >= 0.6 is 0 Å². The number of nitrogens with one attached hydrogen (secondary N) is 1. The zero-order valence-electron chi connectivity index (χ0n) is 10.9. The summed E-state index contributed by atoms with van der Waals surface area (Å²) in [6.45, 7) is 3.64. The molecule has 100 valence electrons. The predicted octanol–water partition coefficient (Wildman–Crippen LogP) is 2.03. The van der Waals surface area contributed by atoms with Gasteiger partial charge < -0.3 is 4.90 Å². The molecule has 3 rings (SSSR count). The molecule has 1 saturated heterocycles. The van der Waals surface area contributed by atoms with Crippen LogP contribution in [0.1, 0.15) is 19.8 Å². The molecular formula is C14H17N3O2. The molecule has 0 atom stereocenters. The van der Waals surface area contributed by atoms with E-state index in [1.165, 1.54) is 0 Å². The molecule has 5 heteroatoms. The summed E-state index contributed by atoms with van der Waals surface area (Å²) >= 11 is 0. The monoisotopic (exact) mass is 259 g/mol. The molecular weight excluding hydrogens is 242 g/mol. The van der Waals surface area contributed by atoms with E-state index in [2.05, 4.69) is 12.0 Å². The summed E-state index contributed by atoms with van der Waals surface area (Å²) < 4.78 is 1.13. The van der Waals surface area contributed by atoms with Crippen molar-refractivity contribution in [2.75, 3.05) is 13.1 Å². The highest BCUT2D eigenvalue weighted by Gasteiger charge is 2.23. The summed E-state index contributed by atoms with van der Waals surface area (Å²) in [6.07, 6.45) is 2.00. The molecule has 5 nitrogen and oxygen atoms in total. The Kier molecular flexibility index (Phi) is 2.89. The third-order valence-electron chi connectivity index (χ3n) is 3.84. The van der Waals surface area contributed by atoms with Crippen LogP contribution in [0, 0.1) is 5.92 Å². The quantitative estimate of drug-likeness (QED) is 0.787. The number of piperidine rings is 1. The van der Waals surface area contributed by atoms with Crippen molar-refractivity contribution in [1.82, 2.24) is 14.7 Å². The van der Waals surface area contributed by atoms with Crippen molar-refractivity contribution in [3.63, 3.8) is 0 Å². The van der Waals surface area contributed by atoms with Gasteiger partial charge in [-0.1, -0.05) is 19.1 Å². The first-order chi connectivity index (χ1) is 9.16. The van der Waals surface area contributed by atoms with Crippen LogP contribution < -0.4 is 5.56 Å². The molecule has 1 amide bonds. The third-order valence-corrected chi connectivity index (χ3v) is 3.84. The molecule has 0 spiro atoms. The zero-order valence-corrected chi connectivity index (χ0v) is 10.9. The molecule has 0 bridgehead atoms. The summed E-state index contributed by atoms with van der Waals surface area (Å²) in [5.74, 6) is 0.656. The van der Waals surface area contributed by atoms with Crippen LogP contribution in [-0.2, 0) is 0 Å². The number of aromatic amines is 1. The first-order valence-electron chi connectivity index (χ1n) is 6.66. The van der Waals surface area contributed by atoms with E-state index in [1.54, 1.807) is 23.1 Å². The Morgan fingerprint density at radius 1 is 1.26 bits per heavy atom. The average molecular weight is 259 g/mol. The normalized spacial score (nSPS) is 17.0. The minimum atomic E-state index is -0.265. The molecule has 1 aromatic carbocycles. The number of amides is 1. The number of aromatic nitrogens is 2. The molecule has 2 aromatic rings. The fourth-order valence-corrected chi connectivity index (χ4v) is 2.53. The van der Waals surface area contributed by atoms with E-state index in [4.69, 9.17) is 0 Å². The van der Waals surface area contributed by atoms with E-state index in [1.807, 2.05) is 6.07 Å². The van der Waals surface area contributed by atoms with Crippen LogP contribution in [0.3, 0.4) is 0 Å². The number of carbonyl (C=O) groups is 1. The third kappa shape index (κ3) is 2.05. The smallest absolute Gasteiger partial charge is 0.323 e. The van der Waals surface area contributed by atoms with E-state index in [0.29, 0.717) is 16.8 Å². The lowest BCUT2D eigenvalue weighted by atomic mass is 10.00. The Morgan fingerprint density at radius 3 is 2.63 bits per heavy atom. The molecule has 1 fully saturated rings. The Labute approximate surface area is 110 Å². The lowest BCUT2D eigenvalue weighted by Gasteiger charge is -2.29. The van der Waals surface area contributed by atoms with Gasteiger partial charge >= 0.3 is 6.03 Å². The SMILES string of the molecule is CC1CCN(C(=O)n2[nH]c3ccccc3c2=O)CC1. The number of para-hydroxylation sites is 1. The molecule has 19 heavy (non-hydrogen) atoms. The lowest BCUT2D eigenvalue weighted by Crippen LogP contribution is -2.43. The van der Waals surface area contributed by atoms with E-state index < -0.39 is 0 Å². The molecule has 0 saturated carbocycles. The standard InChI is InChI=1S/C14H17N3O2/c1-10-6-8-16(9-7-10)14(19)17-13(18)11-4-2-3-5-12(11)15-17/h2-5,10,15H,6-9H2,1H3. The summed E-state index contributed by atoms with van der Waals surface area (Å²) in [5, 5.41) is 3.44. The van der Waals surface area contributed by atoms with Gasteiger partial charge in [0.1, 0.15) is 0 Å². The maximum Gasteiger partial charge on any atom is 0.346 e. The Balaban J connectivity index is 1.94. The molecule has 1 aliphatic rings. The first-order valence-corrected chi connectivity index (χ1v) is 6.66. The fraction of sp³-hybridized carbons (Fsp3) is 0.429. The zero-order chi connectivity index (χ0) is 13.4. The van der Waals surface area contributed by atoms with Gasteiger partial charge in [-0.3, -0.25) is 9.89 Å². The number of H-pyrrole nitrogens is 1. The van der Waals surface area contributed by atoms with Crippen LogP contribution in [0.15, 0.2) is 29.1 Å². The Morgan fingerprint density at radius 2 is 1.95 bits per heavy atom. The average Bonchev–Trinajstić information content (AvgIpc) is 2.77. The molecule has 0 unspecified atom stereocenters. The van der Waals surface area contributed by atoms with Crippen LogP contribution in [0.25, 0.3) is 10.9 Å². The fourth-order valence-electron chi connectivity index (χ4n) is 2.53. The molecule has 2 heterocycles. The van der Waals surface area contributed by atoms with Gasteiger partial charge in [0, 0.05) is 13.1 Å². The highest BCUT2D eigenvalue weighted by molar-refractivity contribution is 5.84. The predicted molar refractivity (Wildman–Crippen MR) is 73.3 cm³/mol. The summed E-state index contributed by atoms with van der Waals surface area (Å²) in [7, 11) is 0. The largest absolute Gasteiger partial charge is 0.346 e. The lowest BCUT2D eigenvalue weighted by molar-refractivity contribution is 0.172. The van der Waals surface area contributed by atoms with Gasteiger partial charge in [-0.2, -0.15) is 4.68 Å². The van der Waals surface area contributed by atoms with Crippen molar-refractivity contribution in [2.24, 2.45) is 5.92 Å². The van der Waals surface area contributed by atoms with Crippen molar-refractivity contribution in [2.45, 2.75) is 19.8 Å². The van der Waals surface area contributed by atoms with E-state index in [-0.39, 0.29) is 11.6 Å². The van der Waals surface area contributed by atoms with Crippen LogP contribution in [0.5, 0.6) is 0 Å². The number of nitrogens with zero attached hydrogens (tertiary/aromatic N) is 2. The van der Waals surface area contributed by atoms with Crippen molar-refractivity contribution >= 4 is 16.9 Å². The van der Waals surface area contributed by atoms with Gasteiger partial charge in [0.25, 0.3) is 5.56 Å². The maximum absolute atomic E-state index is 12.4. The second-order valence-electron chi connectivity index (χ2n) is 5.25. The number of hydrogen-bond donors (Lipinski definition) is 1. The van der Waals surface area contributed by atoms with Crippen molar-refractivity contribution in [3.05, 3.63) is 34.6 Å². The van der Waals surface area contributed by atoms with Crippen LogP contribution in [0.4, 0.5) is 4.79 Å². The molecule has 1 aliphatic heterocycles. The minimum Gasteiger partial charge on any atom is -0.323 e. The van der Waals surface area contributed by atoms with Gasteiger partial charge in [0.05, 0.1) is 10.9 Å².